The molecule has 0 spiro atoms. The number of hydrogen-bond acceptors (Lipinski definition) is 1. The first kappa shape index (κ1) is 14.8. The van der Waals surface area contributed by atoms with E-state index in [1.165, 1.54) is 11.8 Å². The van der Waals surface area contributed by atoms with Crippen molar-refractivity contribution in [3.05, 3.63) is 29.9 Å². The van der Waals surface area contributed by atoms with E-state index in [-0.39, 0.29) is 11.7 Å². The average Bonchev–Trinajstić information content (AvgIpc) is 2.64. The molecule has 18 heavy (non-hydrogen) atoms. The summed E-state index contributed by atoms with van der Waals surface area (Å²) in [5.74, 6) is 0.274. The third kappa shape index (κ3) is 4.55. The van der Waals surface area contributed by atoms with Crippen molar-refractivity contribution in [2.24, 2.45) is 5.92 Å². The van der Waals surface area contributed by atoms with Crippen molar-refractivity contribution < 1.29 is 13.2 Å². The summed E-state index contributed by atoms with van der Waals surface area (Å²) in [6, 6.07) is 0. The van der Waals surface area contributed by atoms with Crippen molar-refractivity contribution in [3.63, 3.8) is 0 Å². The van der Waals surface area contributed by atoms with Crippen LogP contribution in [0.4, 0.5) is 13.2 Å². The van der Waals surface area contributed by atoms with Gasteiger partial charge in [-0.2, -0.15) is 0 Å². The van der Waals surface area contributed by atoms with Gasteiger partial charge in [0.05, 0.1) is 0 Å². The summed E-state index contributed by atoms with van der Waals surface area (Å²) in [7, 11) is 0. The van der Waals surface area contributed by atoms with Crippen molar-refractivity contribution >= 4 is 0 Å². The van der Waals surface area contributed by atoms with Gasteiger partial charge in [-0.25, -0.2) is 9.55 Å². The number of allylic oxidation sites excluding steroid dienone is 2. The Labute approximate surface area is 106 Å². The zero-order valence-electron chi connectivity index (χ0n) is 11.0. The highest BCUT2D eigenvalue weighted by Gasteiger charge is 2.32. The summed E-state index contributed by atoms with van der Waals surface area (Å²) < 4.78 is 38.1. The first-order chi connectivity index (χ1) is 8.30. The van der Waals surface area contributed by atoms with Gasteiger partial charge in [0.2, 0.25) is 0 Å². The van der Waals surface area contributed by atoms with E-state index < -0.39 is 6.30 Å². The summed E-state index contributed by atoms with van der Waals surface area (Å²) in [5, 5.41) is 0. The molecule has 0 aromatic carbocycles. The minimum atomic E-state index is -4.37. The molecule has 0 aliphatic heterocycles. The largest absolute Gasteiger partial charge is 0.489 e. The van der Waals surface area contributed by atoms with Gasteiger partial charge >= 0.3 is 6.30 Å². The van der Waals surface area contributed by atoms with Gasteiger partial charge < -0.3 is 0 Å². The number of imidazole rings is 1. The monoisotopic (exact) mass is 260 g/mol. The lowest BCUT2D eigenvalue weighted by Crippen LogP contribution is -2.20. The van der Waals surface area contributed by atoms with E-state index in [0.717, 1.165) is 19.0 Å². The number of alkyl halides is 3. The lowest BCUT2D eigenvalue weighted by atomic mass is 10.0. The molecule has 0 saturated carbocycles. The lowest BCUT2D eigenvalue weighted by Gasteiger charge is -2.14. The zero-order chi connectivity index (χ0) is 13.8. The normalized spacial score (nSPS) is 13.4. The zero-order valence-corrected chi connectivity index (χ0v) is 11.0. The maximum Gasteiger partial charge on any atom is 0.489 e. The Morgan fingerprint density at radius 3 is 2.67 bits per heavy atom. The predicted molar refractivity (Wildman–Crippen MR) is 65.1 cm³/mol. The lowest BCUT2D eigenvalue weighted by molar-refractivity contribution is -0.205. The molecule has 1 rings (SSSR count). The second kappa shape index (κ2) is 6.07. The van der Waals surface area contributed by atoms with Gasteiger partial charge in [0.25, 0.3) is 0 Å². The van der Waals surface area contributed by atoms with Crippen LogP contribution in [0, 0.1) is 5.92 Å². The highest BCUT2D eigenvalue weighted by atomic mass is 19.4. The molecule has 2 nitrogen and oxygen atoms in total. The van der Waals surface area contributed by atoms with Crippen molar-refractivity contribution in [3.8, 4) is 0 Å². The van der Waals surface area contributed by atoms with Gasteiger partial charge in [0, 0.05) is 18.8 Å². The topological polar surface area (TPSA) is 17.8 Å². The Morgan fingerprint density at radius 2 is 2.11 bits per heavy atom. The van der Waals surface area contributed by atoms with E-state index in [0.29, 0.717) is 11.0 Å². The highest BCUT2D eigenvalue weighted by Crippen LogP contribution is 2.25. The molecule has 1 aromatic rings. The average molecular weight is 260 g/mol. The second-order valence-corrected chi connectivity index (χ2v) is 4.85. The molecule has 0 aliphatic carbocycles. The van der Waals surface area contributed by atoms with E-state index >= 15 is 0 Å². The van der Waals surface area contributed by atoms with Crippen LogP contribution < -0.4 is 0 Å². The molecule has 0 saturated heterocycles. The van der Waals surface area contributed by atoms with E-state index in [9.17, 15) is 13.2 Å². The molecule has 5 heteroatoms. The van der Waals surface area contributed by atoms with Crippen LogP contribution in [0.1, 0.15) is 39.4 Å². The predicted octanol–water partition coefficient (Wildman–Crippen LogP) is 4.28. The molecule has 0 aliphatic rings. The van der Waals surface area contributed by atoms with Crippen LogP contribution in [0.2, 0.25) is 0 Å². The smallest absolute Gasteiger partial charge is 0.245 e. The summed E-state index contributed by atoms with van der Waals surface area (Å²) >= 11 is 0. The molecular formula is C13H19F3N2. The van der Waals surface area contributed by atoms with Crippen LogP contribution in [-0.2, 0) is 12.7 Å². The van der Waals surface area contributed by atoms with Gasteiger partial charge in [0.15, 0.2) is 0 Å². The molecule has 0 bridgehead atoms. The molecule has 102 valence electrons. The first-order valence-electron chi connectivity index (χ1n) is 6.03. The molecule has 0 amide bonds. The highest BCUT2D eigenvalue weighted by molar-refractivity contribution is 4.96. The van der Waals surface area contributed by atoms with Crippen molar-refractivity contribution in [2.75, 3.05) is 0 Å². The molecule has 0 fully saturated rings. The summed E-state index contributed by atoms with van der Waals surface area (Å²) in [5.41, 5.74) is 1.24. The minimum absolute atomic E-state index is 0.0900. The number of aromatic nitrogens is 2. The Kier molecular flexibility index (Phi) is 4.99. The number of rotatable bonds is 5. The Morgan fingerprint density at radius 1 is 1.44 bits per heavy atom. The van der Waals surface area contributed by atoms with E-state index in [4.69, 9.17) is 0 Å². The maximum atomic E-state index is 12.6. The van der Waals surface area contributed by atoms with Gasteiger partial charge in [-0.3, -0.25) is 0 Å². The van der Waals surface area contributed by atoms with Crippen LogP contribution in [0.25, 0.3) is 0 Å². The SMILES string of the molecule is CC(C)=CCCC(C)Cc1nccn1C(F)(F)F. The fourth-order valence-electron chi connectivity index (χ4n) is 1.79. The summed E-state index contributed by atoms with van der Waals surface area (Å²) in [6.07, 6.45) is 2.03. The number of halogens is 3. The second-order valence-electron chi connectivity index (χ2n) is 4.85. The van der Waals surface area contributed by atoms with Crippen molar-refractivity contribution in [1.82, 2.24) is 9.55 Å². The van der Waals surface area contributed by atoms with Gasteiger partial charge in [0.1, 0.15) is 5.82 Å². The number of nitrogens with zero attached hydrogens (tertiary/aromatic N) is 2. The Balaban J connectivity index is 2.57. The quantitative estimate of drug-likeness (QED) is 0.722. The fourth-order valence-corrected chi connectivity index (χ4v) is 1.79. The van der Waals surface area contributed by atoms with E-state index in [1.54, 1.807) is 0 Å². The summed E-state index contributed by atoms with van der Waals surface area (Å²) in [6.45, 7) is 5.98. The van der Waals surface area contributed by atoms with Gasteiger partial charge in [-0.1, -0.05) is 18.6 Å². The minimum Gasteiger partial charge on any atom is -0.245 e. The maximum absolute atomic E-state index is 12.6. The van der Waals surface area contributed by atoms with Crippen LogP contribution in [0.3, 0.4) is 0 Å². The molecule has 1 heterocycles. The molecular weight excluding hydrogens is 241 g/mol. The third-order valence-electron chi connectivity index (χ3n) is 2.73. The number of hydrogen-bond donors (Lipinski definition) is 0. The van der Waals surface area contributed by atoms with Crippen LogP contribution in [-0.4, -0.2) is 9.55 Å². The fraction of sp³-hybridized carbons (Fsp3) is 0.615. The summed E-state index contributed by atoms with van der Waals surface area (Å²) in [4.78, 5) is 3.79. The van der Waals surface area contributed by atoms with Gasteiger partial charge in [-0.05, 0) is 32.6 Å². The van der Waals surface area contributed by atoms with Crippen LogP contribution >= 0.6 is 0 Å². The first-order valence-corrected chi connectivity index (χ1v) is 6.03. The van der Waals surface area contributed by atoms with E-state index in [1.807, 2.05) is 20.8 Å². The van der Waals surface area contributed by atoms with E-state index in [2.05, 4.69) is 11.1 Å². The van der Waals surface area contributed by atoms with Crippen molar-refractivity contribution in [2.45, 2.75) is 46.3 Å². The molecule has 0 N–H and O–H groups in total. The van der Waals surface area contributed by atoms with Crippen molar-refractivity contribution in [1.29, 1.82) is 0 Å². The molecule has 1 atom stereocenters. The molecule has 0 radical (unpaired) electrons. The Bertz CT molecular complexity index is 401. The third-order valence-corrected chi connectivity index (χ3v) is 2.73. The molecule has 1 unspecified atom stereocenters. The standard InChI is InChI=1S/C13H19F3N2/c1-10(2)5-4-6-11(3)9-12-17-7-8-18(12)13(14,15)16/h5,7-8,11H,4,6,9H2,1-3H3. The van der Waals surface area contributed by atoms with Crippen LogP contribution in [0.15, 0.2) is 24.0 Å². The van der Waals surface area contributed by atoms with Gasteiger partial charge in [-0.15, -0.1) is 13.2 Å². The Hall–Kier alpha value is -1.26. The molecule has 1 aromatic heterocycles. The van der Waals surface area contributed by atoms with Crippen LogP contribution in [0.5, 0.6) is 0 Å².